The van der Waals surface area contributed by atoms with Crippen LogP contribution in [0.2, 0.25) is 0 Å². The summed E-state index contributed by atoms with van der Waals surface area (Å²) in [7, 11) is 1.59. The van der Waals surface area contributed by atoms with E-state index < -0.39 is 0 Å². The van der Waals surface area contributed by atoms with Crippen molar-refractivity contribution < 1.29 is 4.74 Å². The highest BCUT2D eigenvalue weighted by molar-refractivity contribution is 6.20. The van der Waals surface area contributed by atoms with Crippen LogP contribution < -0.4 is 4.74 Å². The molecule has 2 heterocycles. The summed E-state index contributed by atoms with van der Waals surface area (Å²) in [5, 5.41) is -0.150. The molecule has 0 aliphatic heterocycles. The predicted octanol–water partition coefficient (Wildman–Crippen LogP) is 2.54. The number of rotatable bonds is 4. The number of fused-ring (bicyclic) bond motifs is 1. The molecule has 2 aromatic heterocycles. The van der Waals surface area contributed by atoms with E-state index in [-0.39, 0.29) is 5.38 Å². The van der Waals surface area contributed by atoms with Gasteiger partial charge in [-0.1, -0.05) is 0 Å². The molecule has 1 saturated carbocycles. The van der Waals surface area contributed by atoms with Gasteiger partial charge < -0.3 is 9.30 Å². The molecule has 0 saturated heterocycles. The van der Waals surface area contributed by atoms with E-state index in [1.54, 1.807) is 7.11 Å². The van der Waals surface area contributed by atoms with Crippen LogP contribution in [0.3, 0.4) is 0 Å². The van der Waals surface area contributed by atoms with Gasteiger partial charge in [0.1, 0.15) is 12.2 Å². The van der Waals surface area contributed by atoms with E-state index in [9.17, 15) is 0 Å². The number of hydrogen-bond acceptors (Lipinski definition) is 4. The van der Waals surface area contributed by atoms with Gasteiger partial charge >= 0.3 is 0 Å². The van der Waals surface area contributed by atoms with Crippen molar-refractivity contribution in [2.45, 2.75) is 31.7 Å². The van der Waals surface area contributed by atoms with Crippen molar-refractivity contribution in [2.75, 3.05) is 7.11 Å². The smallest absolute Gasteiger partial charge is 0.245 e. The van der Waals surface area contributed by atoms with Crippen molar-refractivity contribution in [2.24, 2.45) is 5.92 Å². The minimum absolute atomic E-state index is 0.150. The van der Waals surface area contributed by atoms with Crippen molar-refractivity contribution in [1.29, 1.82) is 0 Å². The second kappa shape index (κ2) is 4.39. The van der Waals surface area contributed by atoms with Gasteiger partial charge in [0.25, 0.3) is 0 Å². The van der Waals surface area contributed by atoms with E-state index >= 15 is 0 Å². The molecule has 96 valence electrons. The van der Waals surface area contributed by atoms with Crippen LogP contribution in [-0.4, -0.2) is 26.6 Å². The number of hydrogen-bond donors (Lipinski definition) is 0. The lowest BCUT2D eigenvalue weighted by molar-refractivity contribution is 0.401. The normalized spacial score (nSPS) is 17.1. The molecule has 3 rings (SSSR count). The van der Waals surface area contributed by atoms with Crippen LogP contribution in [0.1, 0.15) is 31.0 Å². The van der Waals surface area contributed by atoms with Gasteiger partial charge in [-0.05, 0) is 25.7 Å². The predicted molar refractivity (Wildman–Crippen MR) is 68.9 cm³/mol. The summed E-state index contributed by atoms with van der Waals surface area (Å²) >= 11 is 6.21. The lowest BCUT2D eigenvalue weighted by Gasteiger charge is -2.08. The first-order valence-electron chi connectivity index (χ1n) is 6.10. The number of halogens is 1. The van der Waals surface area contributed by atoms with Gasteiger partial charge in [0.05, 0.1) is 12.5 Å². The van der Waals surface area contributed by atoms with Crippen LogP contribution in [0.5, 0.6) is 5.88 Å². The molecule has 0 radical (unpaired) electrons. The summed E-state index contributed by atoms with van der Waals surface area (Å²) in [5.41, 5.74) is 1.51. The van der Waals surface area contributed by atoms with Gasteiger partial charge in [0.15, 0.2) is 11.2 Å². The quantitative estimate of drug-likeness (QED) is 0.798. The largest absolute Gasteiger partial charge is 0.479 e. The van der Waals surface area contributed by atoms with E-state index in [0.717, 1.165) is 23.9 Å². The van der Waals surface area contributed by atoms with E-state index in [0.29, 0.717) is 11.4 Å². The molecular weight excluding hydrogens is 252 g/mol. The van der Waals surface area contributed by atoms with E-state index in [1.165, 1.54) is 19.2 Å². The molecule has 1 fully saturated rings. The van der Waals surface area contributed by atoms with Crippen molar-refractivity contribution in [3.05, 3.63) is 12.2 Å². The first kappa shape index (κ1) is 11.7. The monoisotopic (exact) mass is 266 g/mol. The maximum absolute atomic E-state index is 6.21. The fourth-order valence-electron chi connectivity index (χ4n) is 2.12. The second-order valence-electron chi connectivity index (χ2n) is 4.70. The Morgan fingerprint density at radius 1 is 1.50 bits per heavy atom. The minimum atomic E-state index is -0.150. The number of nitrogens with zero attached hydrogens (tertiary/aromatic N) is 4. The third-order valence-electron chi connectivity index (χ3n) is 3.21. The molecule has 2 aromatic rings. The Morgan fingerprint density at radius 3 is 2.89 bits per heavy atom. The SMILES string of the molecule is COc1ncnc2c1nc(C(C)Cl)n2CC1CC1. The average molecular weight is 267 g/mol. The highest BCUT2D eigenvalue weighted by Gasteiger charge is 2.26. The average Bonchev–Trinajstić information content (AvgIpc) is 3.09. The molecule has 5 nitrogen and oxygen atoms in total. The first-order chi connectivity index (χ1) is 8.70. The number of methoxy groups -OCH3 is 1. The number of imidazole rings is 1. The molecule has 1 aliphatic carbocycles. The van der Waals surface area contributed by atoms with Gasteiger partial charge in [0, 0.05) is 6.54 Å². The lowest BCUT2D eigenvalue weighted by Crippen LogP contribution is -2.06. The molecule has 0 N–H and O–H groups in total. The molecule has 1 unspecified atom stereocenters. The highest BCUT2D eigenvalue weighted by Crippen LogP contribution is 2.34. The number of aromatic nitrogens is 4. The van der Waals surface area contributed by atoms with Gasteiger partial charge in [-0.3, -0.25) is 0 Å². The fraction of sp³-hybridized carbons (Fsp3) is 0.583. The third kappa shape index (κ3) is 1.92. The van der Waals surface area contributed by atoms with Crippen LogP contribution in [-0.2, 0) is 6.54 Å². The fourth-order valence-corrected chi connectivity index (χ4v) is 2.29. The molecule has 1 aliphatic rings. The van der Waals surface area contributed by atoms with Crippen molar-refractivity contribution in [3.63, 3.8) is 0 Å². The third-order valence-corrected chi connectivity index (χ3v) is 3.41. The van der Waals surface area contributed by atoms with Gasteiger partial charge in [-0.2, -0.15) is 4.98 Å². The summed E-state index contributed by atoms with van der Waals surface area (Å²) in [6.45, 7) is 2.86. The highest BCUT2D eigenvalue weighted by atomic mass is 35.5. The second-order valence-corrected chi connectivity index (χ2v) is 5.35. The number of ether oxygens (including phenoxy) is 1. The topological polar surface area (TPSA) is 52.8 Å². The molecule has 0 aromatic carbocycles. The Bertz CT molecular complexity index is 577. The summed E-state index contributed by atoms with van der Waals surface area (Å²) < 4.78 is 7.33. The van der Waals surface area contributed by atoms with Crippen molar-refractivity contribution in [3.8, 4) is 5.88 Å². The van der Waals surface area contributed by atoms with Crippen molar-refractivity contribution in [1.82, 2.24) is 19.5 Å². The molecule has 18 heavy (non-hydrogen) atoms. The number of alkyl halides is 1. The Labute approximate surface area is 110 Å². The maximum Gasteiger partial charge on any atom is 0.245 e. The van der Waals surface area contributed by atoms with E-state index in [2.05, 4.69) is 19.5 Å². The molecule has 0 amide bonds. The van der Waals surface area contributed by atoms with Crippen molar-refractivity contribution >= 4 is 22.8 Å². The van der Waals surface area contributed by atoms with Crippen LogP contribution in [0.4, 0.5) is 0 Å². The standard InChI is InChI=1S/C12H15ClN4O/c1-7(13)10-16-9-11(14-6-15-12(9)18-2)17(10)5-8-3-4-8/h6-8H,3-5H2,1-2H3. The Morgan fingerprint density at radius 2 is 2.28 bits per heavy atom. The first-order valence-corrected chi connectivity index (χ1v) is 6.53. The molecule has 0 bridgehead atoms. The molecule has 1 atom stereocenters. The van der Waals surface area contributed by atoms with Gasteiger partial charge in [-0.15, -0.1) is 11.6 Å². The van der Waals surface area contributed by atoms with Crippen LogP contribution in [0.25, 0.3) is 11.2 Å². The molecule has 6 heteroatoms. The van der Waals surface area contributed by atoms with Gasteiger partial charge in [0.2, 0.25) is 5.88 Å². The van der Waals surface area contributed by atoms with Gasteiger partial charge in [-0.25, -0.2) is 9.97 Å². The Kier molecular flexibility index (Phi) is 2.86. The summed E-state index contributed by atoms with van der Waals surface area (Å²) in [4.78, 5) is 13.0. The molecule has 0 spiro atoms. The lowest BCUT2D eigenvalue weighted by atomic mass is 10.4. The Balaban J connectivity index is 2.18. The van der Waals surface area contributed by atoms with E-state index in [1.807, 2.05) is 6.92 Å². The van der Waals surface area contributed by atoms with E-state index in [4.69, 9.17) is 16.3 Å². The van der Waals surface area contributed by atoms with Crippen LogP contribution in [0, 0.1) is 5.92 Å². The summed E-state index contributed by atoms with van der Waals surface area (Å²) in [5.74, 6) is 2.09. The summed E-state index contributed by atoms with van der Waals surface area (Å²) in [6, 6.07) is 0. The zero-order chi connectivity index (χ0) is 12.7. The molecular formula is C12H15ClN4O. The zero-order valence-corrected chi connectivity index (χ0v) is 11.2. The van der Waals surface area contributed by atoms with Crippen LogP contribution >= 0.6 is 11.6 Å². The van der Waals surface area contributed by atoms with Crippen LogP contribution in [0.15, 0.2) is 6.33 Å². The Hall–Kier alpha value is -1.36. The summed E-state index contributed by atoms with van der Waals surface area (Å²) in [6.07, 6.45) is 4.06. The minimum Gasteiger partial charge on any atom is -0.479 e. The zero-order valence-electron chi connectivity index (χ0n) is 10.4. The maximum atomic E-state index is 6.21.